The van der Waals surface area contributed by atoms with Crippen molar-refractivity contribution >= 4 is 5.78 Å². The van der Waals surface area contributed by atoms with E-state index in [0.717, 1.165) is 11.1 Å². The van der Waals surface area contributed by atoms with Gasteiger partial charge in [-0.1, -0.05) is 30.3 Å². The van der Waals surface area contributed by atoms with E-state index >= 15 is 0 Å². The van der Waals surface area contributed by atoms with E-state index in [4.69, 9.17) is 8.85 Å². The number of ether oxygens (including phenoxy) is 1. The molecule has 0 atom stereocenters. The summed E-state index contributed by atoms with van der Waals surface area (Å²) in [4.78, 5) is 11.4. The van der Waals surface area contributed by atoms with Crippen LogP contribution in [0.2, 0.25) is 0 Å². The standard InChI is InChI=1S/C15H14O2/c1-11(16)13-4-3-5-14(10-13)12-6-8-15(17-2)9-7-12/h3-10H,1-2H3/i2D3. The lowest BCUT2D eigenvalue weighted by atomic mass is 10.0. The molecule has 0 unspecified atom stereocenters. The minimum absolute atomic E-state index is 0.00852. The molecule has 0 amide bonds. The van der Waals surface area contributed by atoms with Gasteiger partial charge in [-0.15, -0.1) is 0 Å². The van der Waals surface area contributed by atoms with Crippen molar-refractivity contribution in [2.75, 3.05) is 7.04 Å². The average molecular weight is 229 g/mol. The molecule has 2 heteroatoms. The third-order valence-corrected chi connectivity index (χ3v) is 2.57. The van der Waals surface area contributed by atoms with E-state index in [-0.39, 0.29) is 11.5 Å². The number of Topliss-reactive ketones (excluding diaryl/α,β-unsaturated/α-hetero) is 1. The summed E-state index contributed by atoms with van der Waals surface area (Å²) in [5, 5.41) is 0. The molecule has 0 aliphatic rings. The third-order valence-electron chi connectivity index (χ3n) is 2.57. The molecule has 0 N–H and O–H groups in total. The van der Waals surface area contributed by atoms with Crippen molar-refractivity contribution in [3.05, 3.63) is 54.1 Å². The van der Waals surface area contributed by atoms with Crippen LogP contribution in [-0.2, 0) is 0 Å². The molecule has 0 aliphatic carbocycles. The van der Waals surface area contributed by atoms with Crippen LogP contribution in [0.4, 0.5) is 0 Å². The molecule has 0 saturated heterocycles. The molecular formula is C15H14O2. The van der Waals surface area contributed by atoms with Crippen molar-refractivity contribution in [2.45, 2.75) is 6.92 Å². The highest BCUT2D eigenvalue weighted by Crippen LogP contribution is 2.23. The highest BCUT2D eigenvalue weighted by Gasteiger charge is 2.02. The van der Waals surface area contributed by atoms with E-state index in [1.165, 1.54) is 6.92 Å². The van der Waals surface area contributed by atoms with Gasteiger partial charge in [-0.05, 0) is 36.2 Å². The van der Waals surface area contributed by atoms with E-state index in [9.17, 15) is 4.79 Å². The average Bonchev–Trinajstić information content (AvgIpc) is 2.38. The van der Waals surface area contributed by atoms with Crippen LogP contribution in [0.3, 0.4) is 0 Å². The molecule has 0 aromatic heterocycles. The van der Waals surface area contributed by atoms with E-state index in [1.807, 2.05) is 18.2 Å². The van der Waals surface area contributed by atoms with Gasteiger partial charge in [0.25, 0.3) is 0 Å². The molecule has 0 aliphatic heterocycles. The molecule has 0 heterocycles. The van der Waals surface area contributed by atoms with Gasteiger partial charge in [0.15, 0.2) is 5.78 Å². The first-order valence-corrected chi connectivity index (χ1v) is 5.26. The topological polar surface area (TPSA) is 26.3 Å². The van der Waals surface area contributed by atoms with Crippen molar-refractivity contribution in [3.8, 4) is 16.9 Å². The fourth-order valence-corrected chi connectivity index (χ4v) is 1.63. The molecule has 86 valence electrons. The molecule has 0 radical (unpaired) electrons. The molecular weight excluding hydrogens is 212 g/mol. The van der Waals surface area contributed by atoms with Crippen molar-refractivity contribution in [1.29, 1.82) is 0 Å². The number of ketones is 1. The van der Waals surface area contributed by atoms with Gasteiger partial charge in [-0.2, -0.15) is 0 Å². The van der Waals surface area contributed by atoms with Crippen LogP contribution in [0.15, 0.2) is 48.5 Å². The Morgan fingerprint density at radius 2 is 1.88 bits per heavy atom. The Morgan fingerprint density at radius 3 is 2.53 bits per heavy atom. The van der Waals surface area contributed by atoms with Gasteiger partial charge in [-0.25, -0.2) is 0 Å². The minimum Gasteiger partial charge on any atom is -0.497 e. The molecule has 0 bridgehead atoms. The second kappa shape index (κ2) is 4.83. The van der Waals surface area contributed by atoms with Crippen LogP contribution < -0.4 is 4.74 Å². The van der Waals surface area contributed by atoms with Gasteiger partial charge in [0.2, 0.25) is 0 Å². The lowest BCUT2D eigenvalue weighted by Gasteiger charge is -2.05. The number of hydrogen-bond donors (Lipinski definition) is 0. The predicted octanol–water partition coefficient (Wildman–Crippen LogP) is 3.56. The van der Waals surface area contributed by atoms with Gasteiger partial charge in [-0.3, -0.25) is 4.79 Å². The van der Waals surface area contributed by atoms with E-state index < -0.39 is 7.04 Å². The third kappa shape index (κ3) is 2.53. The Hall–Kier alpha value is -2.09. The summed E-state index contributed by atoms with van der Waals surface area (Å²) in [6.07, 6.45) is 0. The zero-order chi connectivity index (χ0) is 14.8. The van der Waals surface area contributed by atoms with Crippen LogP contribution >= 0.6 is 0 Å². The first-order valence-electron chi connectivity index (χ1n) is 6.76. The largest absolute Gasteiger partial charge is 0.497 e. The Kier molecular flexibility index (Phi) is 2.29. The molecule has 2 rings (SSSR count). The maximum atomic E-state index is 11.4. The summed E-state index contributed by atoms with van der Waals surface area (Å²) in [5.74, 6) is 0.297. The summed E-state index contributed by atoms with van der Waals surface area (Å²) >= 11 is 0. The monoisotopic (exact) mass is 229 g/mol. The number of carbonyl (C=O) groups excluding carboxylic acids is 1. The SMILES string of the molecule is [2H]C([2H])([2H])Oc1ccc(-c2cccc(C(C)=O)c2)cc1. The van der Waals surface area contributed by atoms with Crippen molar-refractivity contribution in [2.24, 2.45) is 0 Å². The first kappa shape index (κ1) is 8.07. The summed E-state index contributed by atoms with van der Waals surface area (Å²) < 4.78 is 25.9. The molecule has 2 aromatic rings. The fraction of sp³-hybridized carbons (Fsp3) is 0.133. The molecule has 0 fully saturated rings. The molecule has 2 nitrogen and oxygen atoms in total. The highest BCUT2D eigenvalue weighted by molar-refractivity contribution is 5.95. The second-order valence-electron chi connectivity index (χ2n) is 3.76. The van der Waals surface area contributed by atoms with Gasteiger partial charge in [0.1, 0.15) is 5.75 Å². The lowest BCUT2D eigenvalue weighted by molar-refractivity contribution is 0.101. The van der Waals surface area contributed by atoms with Crippen LogP contribution in [0, 0.1) is 0 Å². The number of hydrogen-bond acceptors (Lipinski definition) is 2. The van der Waals surface area contributed by atoms with Crippen LogP contribution in [-0.4, -0.2) is 12.8 Å². The van der Waals surface area contributed by atoms with Crippen molar-refractivity contribution in [3.63, 3.8) is 0 Å². The van der Waals surface area contributed by atoms with Crippen LogP contribution in [0.1, 0.15) is 21.4 Å². The zero-order valence-corrected chi connectivity index (χ0v) is 9.44. The Morgan fingerprint density at radius 1 is 1.12 bits per heavy atom. The number of benzene rings is 2. The Bertz CT molecular complexity index is 616. The number of carbonyl (C=O) groups is 1. The highest BCUT2D eigenvalue weighted by atomic mass is 16.5. The van der Waals surface area contributed by atoms with Gasteiger partial charge >= 0.3 is 0 Å². The van der Waals surface area contributed by atoms with Gasteiger partial charge in [0.05, 0.1) is 11.2 Å². The van der Waals surface area contributed by atoms with E-state index in [1.54, 1.807) is 30.3 Å². The smallest absolute Gasteiger partial charge is 0.159 e. The van der Waals surface area contributed by atoms with Gasteiger partial charge in [0, 0.05) is 5.56 Å². The first-order chi connectivity index (χ1) is 9.35. The lowest BCUT2D eigenvalue weighted by Crippen LogP contribution is -1.91. The van der Waals surface area contributed by atoms with Gasteiger partial charge < -0.3 is 4.74 Å². The molecule has 0 saturated carbocycles. The molecule has 17 heavy (non-hydrogen) atoms. The summed E-state index contributed by atoms with van der Waals surface area (Å²) in [5.41, 5.74) is 2.44. The Balaban J connectivity index is 2.26. The summed E-state index contributed by atoms with van der Waals surface area (Å²) in [7, 11) is -2.45. The summed E-state index contributed by atoms with van der Waals surface area (Å²) in [6, 6.07) is 14.0. The predicted molar refractivity (Wildman–Crippen MR) is 68.4 cm³/mol. The minimum atomic E-state index is -2.45. The zero-order valence-electron chi connectivity index (χ0n) is 12.4. The van der Waals surface area contributed by atoms with Crippen LogP contribution in [0.25, 0.3) is 11.1 Å². The van der Waals surface area contributed by atoms with Crippen LogP contribution in [0.5, 0.6) is 5.75 Å². The fourth-order valence-electron chi connectivity index (χ4n) is 1.63. The normalized spacial score (nSPS) is 13.4. The summed E-state index contributed by atoms with van der Waals surface area (Å²) in [6.45, 7) is 1.52. The molecule has 2 aromatic carbocycles. The maximum Gasteiger partial charge on any atom is 0.159 e. The quantitative estimate of drug-likeness (QED) is 0.752. The second-order valence-corrected chi connectivity index (χ2v) is 3.76. The Labute approximate surface area is 105 Å². The maximum absolute atomic E-state index is 11.4. The van der Waals surface area contributed by atoms with Crippen molar-refractivity contribution in [1.82, 2.24) is 0 Å². The van der Waals surface area contributed by atoms with E-state index in [2.05, 4.69) is 0 Å². The number of rotatable bonds is 3. The van der Waals surface area contributed by atoms with E-state index in [0.29, 0.717) is 5.56 Å². The van der Waals surface area contributed by atoms with Crippen molar-refractivity contribution < 1.29 is 13.6 Å². The molecule has 0 spiro atoms. The number of methoxy groups -OCH3 is 1.